The van der Waals surface area contributed by atoms with Crippen LogP contribution in [0.5, 0.6) is 0 Å². The van der Waals surface area contributed by atoms with Gasteiger partial charge in [-0.25, -0.2) is 0 Å². The third-order valence-corrected chi connectivity index (χ3v) is 12.9. The van der Waals surface area contributed by atoms with Crippen LogP contribution >= 0.6 is 0 Å². The van der Waals surface area contributed by atoms with Gasteiger partial charge in [0.15, 0.2) is 0 Å². The summed E-state index contributed by atoms with van der Waals surface area (Å²) in [7, 11) is 1.31. The Balaban J connectivity index is 3.53. The van der Waals surface area contributed by atoms with Gasteiger partial charge in [0.05, 0.1) is 0 Å². The van der Waals surface area contributed by atoms with E-state index in [0.29, 0.717) is 0 Å². The highest BCUT2D eigenvalue weighted by atomic mass is 28.3. The second-order valence-electron chi connectivity index (χ2n) is 6.40. The minimum absolute atomic E-state index is 0.943. The van der Waals surface area contributed by atoms with Crippen LogP contribution in [0.3, 0.4) is 0 Å². The van der Waals surface area contributed by atoms with Gasteiger partial charge in [-0.2, -0.15) is 0 Å². The SMILES string of the molecule is CCC(=C[Si](C)(C=C(CC)[SiH](OC)OC)c1ccccc1)[SiH](OC)OC. The molecule has 0 aliphatic carbocycles. The van der Waals surface area contributed by atoms with Crippen LogP contribution in [-0.4, -0.2) is 55.1 Å². The molecular formula is C19H34O4Si3. The first kappa shape index (κ1) is 23.2. The molecule has 0 saturated carbocycles. The number of benzene rings is 1. The van der Waals surface area contributed by atoms with Crippen LogP contribution in [-0.2, 0) is 17.7 Å². The molecule has 1 rings (SSSR count). The summed E-state index contributed by atoms with van der Waals surface area (Å²) >= 11 is 0. The monoisotopic (exact) mass is 410 g/mol. The molecule has 0 N–H and O–H groups in total. The topological polar surface area (TPSA) is 36.9 Å². The van der Waals surface area contributed by atoms with E-state index in [2.05, 4.69) is 62.1 Å². The average Bonchev–Trinajstić information content (AvgIpc) is 2.68. The molecule has 4 nitrogen and oxygen atoms in total. The van der Waals surface area contributed by atoms with E-state index in [4.69, 9.17) is 17.7 Å². The fourth-order valence-electron chi connectivity index (χ4n) is 3.25. The van der Waals surface area contributed by atoms with Gasteiger partial charge in [0.25, 0.3) is 0 Å². The Labute approximate surface area is 163 Å². The zero-order valence-corrected chi connectivity index (χ0v) is 20.6. The molecule has 1 aromatic rings. The van der Waals surface area contributed by atoms with E-state index in [1.807, 2.05) is 0 Å². The van der Waals surface area contributed by atoms with Crippen LogP contribution in [0.15, 0.2) is 52.1 Å². The van der Waals surface area contributed by atoms with E-state index in [-0.39, 0.29) is 0 Å². The fraction of sp³-hybridized carbons (Fsp3) is 0.474. The highest BCUT2D eigenvalue weighted by Crippen LogP contribution is 2.20. The molecule has 146 valence electrons. The van der Waals surface area contributed by atoms with Crippen molar-refractivity contribution in [1.82, 2.24) is 0 Å². The van der Waals surface area contributed by atoms with Gasteiger partial charge in [0, 0.05) is 28.4 Å². The van der Waals surface area contributed by atoms with Crippen molar-refractivity contribution in [3.05, 3.63) is 52.1 Å². The Kier molecular flexibility index (Phi) is 10.6. The zero-order chi connectivity index (χ0) is 19.6. The van der Waals surface area contributed by atoms with E-state index in [9.17, 15) is 0 Å². The van der Waals surface area contributed by atoms with Crippen LogP contribution in [0.2, 0.25) is 6.55 Å². The molecule has 0 saturated heterocycles. The maximum atomic E-state index is 5.66. The summed E-state index contributed by atoms with van der Waals surface area (Å²) < 4.78 is 22.7. The minimum atomic E-state index is -2.06. The lowest BCUT2D eigenvalue weighted by Crippen LogP contribution is -2.44. The van der Waals surface area contributed by atoms with Crippen LogP contribution < -0.4 is 5.19 Å². The number of allylic oxidation sites excluding steroid dienone is 2. The summed E-state index contributed by atoms with van der Waals surface area (Å²) in [6, 6.07) is 10.8. The molecule has 0 atom stereocenters. The Morgan fingerprint density at radius 3 is 1.50 bits per heavy atom. The van der Waals surface area contributed by atoms with Crippen molar-refractivity contribution >= 4 is 31.8 Å². The number of hydrogen-bond donors (Lipinski definition) is 0. The van der Waals surface area contributed by atoms with Crippen LogP contribution in [0.25, 0.3) is 0 Å². The zero-order valence-electron chi connectivity index (χ0n) is 17.2. The largest absolute Gasteiger partial charge is 0.397 e. The molecule has 0 spiro atoms. The first-order valence-corrected chi connectivity index (χ1v) is 14.8. The molecule has 0 heterocycles. The highest BCUT2D eigenvalue weighted by Gasteiger charge is 2.30. The molecule has 0 unspecified atom stereocenters. The Hall–Kier alpha value is -0.809. The predicted molar refractivity (Wildman–Crippen MR) is 117 cm³/mol. The Morgan fingerprint density at radius 1 is 0.808 bits per heavy atom. The molecule has 0 radical (unpaired) electrons. The van der Waals surface area contributed by atoms with E-state index in [1.165, 1.54) is 15.6 Å². The summed E-state index contributed by atoms with van der Waals surface area (Å²) in [5, 5.41) is 4.00. The average molecular weight is 411 g/mol. The van der Waals surface area contributed by atoms with Gasteiger partial charge in [-0.05, 0) is 23.2 Å². The van der Waals surface area contributed by atoms with Gasteiger partial charge in [-0.15, -0.1) is 0 Å². The Morgan fingerprint density at radius 2 is 1.19 bits per heavy atom. The fourth-order valence-corrected chi connectivity index (χ4v) is 12.0. The first-order valence-electron chi connectivity index (χ1n) is 9.09. The van der Waals surface area contributed by atoms with Crippen LogP contribution in [0.4, 0.5) is 0 Å². The predicted octanol–water partition coefficient (Wildman–Crippen LogP) is 2.83. The maximum Gasteiger partial charge on any atom is 0.350 e. The number of rotatable bonds is 11. The van der Waals surface area contributed by atoms with E-state index in [1.54, 1.807) is 28.4 Å². The lowest BCUT2D eigenvalue weighted by Gasteiger charge is -2.26. The molecular weight excluding hydrogens is 376 g/mol. The summed E-state index contributed by atoms with van der Waals surface area (Å²) in [6.45, 7) is 6.73. The van der Waals surface area contributed by atoms with Crippen molar-refractivity contribution in [2.75, 3.05) is 28.4 Å². The summed E-state index contributed by atoms with van der Waals surface area (Å²) in [5.74, 6) is 0. The smallest absolute Gasteiger partial charge is 0.350 e. The highest BCUT2D eigenvalue weighted by molar-refractivity contribution is 7.00. The quantitative estimate of drug-likeness (QED) is 0.526. The molecule has 7 heteroatoms. The van der Waals surface area contributed by atoms with Gasteiger partial charge >= 0.3 is 18.6 Å². The van der Waals surface area contributed by atoms with Gasteiger partial charge in [-0.3, -0.25) is 0 Å². The molecule has 0 bridgehead atoms. The molecule has 0 aliphatic rings. The number of hydrogen-bond acceptors (Lipinski definition) is 4. The molecule has 1 aromatic carbocycles. The van der Waals surface area contributed by atoms with Crippen molar-refractivity contribution in [1.29, 1.82) is 0 Å². The van der Waals surface area contributed by atoms with Crippen molar-refractivity contribution in [2.45, 2.75) is 33.2 Å². The minimum Gasteiger partial charge on any atom is -0.397 e. The summed E-state index contributed by atoms with van der Waals surface area (Å²) in [5.41, 5.74) is 4.91. The summed E-state index contributed by atoms with van der Waals surface area (Å²) in [6.07, 6.45) is 1.89. The van der Waals surface area contributed by atoms with Crippen LogP contribution in [0, 0.1) is 0 Å². The normalized spacial score (nSPS) is 15.6. The molecule has 0 amide bonds. The second kappa shape index (κ2) is 11.8. The molecule has 0 fully saturated rings. The van der Waals surface area contributed by atoms with Gasteiger partial charge in [0.2, 0.25) is 0 Å². The molecule has 0 aliphatic heterocycles. The van der Waals surface area contributed by atoms with E-state index < -0.39 is 26.6 Å². The molecule has 0 aromatic heterocycles. The van der Waals surface area contributed by atoms with Crippen molar-refractivity contribution < 1.29 is 17.7 Å². The second-order valence-corrected chi connectivity index (χ2v) is 14.8. The van der Waals surface area contributed by atoms with Gasteiger partial charge in [0.1, 0.15) is 8.07 Å². The van der Waals surface area contributed by atoms with Gasteiger partial charge in [-0.1, -0.05) is 67.3 Å². The van der Waals surface area contributed by atoms with Crippen molar-refractivity contribution in [2.24, 2.45) is 0 Å². The lowest BCUT2D eigenvalue weighted by atomic mass is 10.4. The first-order chi connectivity index (χ1) is 12.5. The van der Waals surface area contributed by atoms with Gasteiger partial charge < -0.3 is 17.7 Å². The van der Waals surface area contributed by atoms with E-state index >= 15 is 0 Å². The maximum absolute atomic E-state index is 5.66. The standard InChI is InChI=1S/C19H34O4Si3/c1-8-17(24(20-3)21-4)15-26(7,19-13-11-10-12-14-19)16-18(9-2)25(22-5)23-6/h10-16,24-25H,8-9H2,1-7H3. The van der Waals surface area contributed by atoms with Crippen molar-refractivity contribution in [3.8, 4) is 0 Å². The van der Waals surface area contributed by atoms with Crippen molar-refractivity contribution in [3.63, 3.8) is 0 Å². The lowest BCUT2D eigenvalue weighted by molar-refractivity contribution is 0.286. The molecule has 26 heavy (non-hydrogen) atoms. The third-order valence-electron chi connectivity index (χ3n) is 4.64. The summed E-state index contributed by atoms with van der Waals surface area (Å²) in [4.78, 5) is 0. The third kappa shape index (κ3) is 6.12. The van der Waals surface area contributed by atoms with E-state index in [0.717, 1.165) is 12.8 Å². The van der Waals surface area contributed by atoms with Crippen LogP contribution in [0.1, 0.15) is 26.7 Å². The Bertz CT molecular complexity index is 552.